The first-order chi connectivity index (χ1) is 10.1. The predicted octanol–water partition coefficient (Wildman–Crippen LogP) is 2.85. The molecule has 0 spiro atoms. The number of halogens is 1. The first kappa shape index (κ1) is 14.5. The minimum Gasteiger partial charge on any atom is -0.399 e. The number of aryl methyl sites for hydroxylation is 1. The van der Waals surface area contributed by atoms with Crippen molar-refractivity contribution in [2.45, 2.75) is 12.8 Å². The molecule has 0 aromatic heterocycles. The third kappa shape index (κ3) is 4.05. The maximum absolute atomic E-state index is 13.0. The summed E-state index contributed by atoms with van der Waals surface area (Å²) in [5, 5.41) is 11.5. The third-order valence-electron chi connectivity index (χ3n) is 2.97. The Labute approximate surface area is 122 Å². The van der Waals surface area contributed by atoms with Gasteiger partial charge in [0.2, 0.25) is 5.91 Å². The van der Waals surface area contributed by atoms with Crippen molar-refractivity contribution < 1.29 is 9.18 Å². The van der Waals surface area contributed by atoms with Gasteiger partial charge < -0.3 is 11.1 Å². The number of nitrogens with two attached hydrogens (primary N) is 1. The van der Waals surface area contributed by atoms with Gasteiger partial charge in [-0.15, -0.1) is 0 Å². The average molecular weight is 283 g/mol. The Hall–Kier alpha value is -2.87. The second-order valence-corrected chi connectivity index (χ2v) is 4.59. The van der Waals surface area contributed by atoms with Crippen LogP contribution in [0.15, 0.2) is 42.5 Å². The Balaban J connectivity index is 1.98. The van der Waals surface area contributed by atoms with Gasteiger partial charge in [0.15, 0.2) is 0 Å². The van der Waals surface area contributed by atoms with Gasteiger partial charge in [-0.2, -0.15) is 5.26 Å². The molecule has 4 nitrogen and oxygen atoms in total. The largest absolute Gasteiger partial charge is 0.399 e. The van der Waals surface area contributed by atoms with E-state index in [2.05, 4.69) is 5.32 Å². The van der Waals surface area contributed by atoms with Crippen LogP contribution in [0.5, 0.6) is 0 Å². The van der Waals surface area contributed by atoms with Crippen LogP contribution in [-0.2, 0) is 11.2 Å². The van der Waals surface area contributed by atoms with Crippen molar-refractivity contribution in [1.29, 1.82) is 5.26 Å². The quantitative estimate of drug-likeness (QED) is 0.847. The number of carbonyl (C=O) groups is 1. The first-order valence-electron chi connectivity index (χ1n) is 6.42. The van der Waals surface area contributed by atoms with Crippen molar-refractivity contribution in [3.8, 4) is 6.07 Å². The molecule has 0 saturated heterocycles. The van der Waals surface area contributed by atoms with Crippen molar-refractivity contribution in [3.63, 3.8) is 0 Å². The molecule has 0 heterocycles. The van der Waals surface area contributed by atoms with Gasteiger partial charge in [-0.05, 0) is 42.3 Å². The molecule has 0 unspecified atom stereocenters. The molecule has 0 radical (unpaired) electrons. The third-order valence-corrected chi connectivity index (χ3v) is 2.97. The lowest BCUT2D eigenvalue weighted by Crippen LogP contribution is -2.13. The summed E-state index contributed by atoms with van der Waals surface area (Å²) in [6.07, 6.45) is 0.797. The molecule has 2 aromatic rings. The van der Waals surface area contributed by atoms with Gasteiger partial charge in [-0.25, -0.2) is 4.39 Å². The number of rotatable bonds is 4. The van der Waals surface area contributed by atoms with Crippen LogP contribution in [0.4, 0.5) is 15.8 Å². The topological polar surface area (TPSA) is 78.9 Å². The summed E-state index contributed by atoms with van der Waals surface area (Å²) in [6, 6.07) is 12.8. The average Bonchev–Trinajstić information content (AvgIpc) is 2.47. The van der Waals surface area contributed by atoms with E-state index in [0.717, 1.165) is 11.6 Å². The van der Waals surface area contributed by atoms with Gasteiger partial charge >= 0.3 is 0 Å². The molecule has 0 aliphatic rings. The summed E-state index contributed by atoms with van der Waals surface area (Å²) in [4.78, 5) is 11.9. The number of nitrogens with zero attached hydrogens (tertiary/aromatic N) is 1. The van der Waals surface area contributed by atoms with Gasteiger partial charge in [-0.1, -0.05) is 12.1 Å². The molecule has 3 N–H and O–H groups in total. The fraction of sp³-hybridized carbons (Fsp3) is 0.125. The number of amides is 1. The molecule has 2 rings (SSSR count). The molecule has 106 valence electrons. The number of hydrogen-bond donors (Lipinski definition) is 2. The molecular weight excluding hydrogens is 269 g/mol. The van der Waals surface area contributed by atoms with E-state index in [1.807, 2.05) is 24.3 Å². The lowest BCUT2D eigenvalue weighted by Gasteiger charge is -2.07. The van der Waals surface area contributed by atoms with Crippen LogP contribution < -0.4 is 11.1 Å². The van der Waals surface area contributed by atoms with E-state index in [9.17, 15) is 9.18 Å². The Morgan fingerprint density at radius 1 is 1.29 bits per heavy atom. The van der Waals surface area contributed by atoms with Crippen molar-refractivity contribution in [1.82, 2.24) is 0 Å². The molecule has 0 bridgehead atoms. The first-order valence-corrected chi connectivity index (χ1v) is 6.42. The number of nitriles is 1. The van der Waals surface area contributed by atoms with Crippen LogP contribution in [0.2, 0.25) is 0 Å². The Bertz CT molecular complexity index is 707. The highest BCUT2D eigenvalue weighted by atomic mass is 19.1. The van der Waals surface area contributed by atoms with Crippen molar-refractivity contribution in [2.75, 3.05) is 11.1 Å². The molecule has 21 heavy (non-hydrogen) atoms. The second-order valence-electron chi connectivity index (χ2n) is 4.59. The van der Waals surface area contributed by atoms with Gasteiger partial charge in [0, 0.05) is 12.1 Å². The maximum Gasteiger partial charge on any atom is 0.224 e. The van der Waals surface area contributed by atoms with Gasteiger partial charge in [-0.3, -0.25) is 4.79 Å². The Kier molecular flexibility index (Phi) is 4.52. The molecular formula is C16H14FN3O. The second kappa shape index (κ2) is 6.53. The summed E-state index contributed by atoms with van der Waals surface area (Å²) >= 11 is 0. The van der Waals surface area contributed by atoms with Gasteiger partial charge in [0.1, 0.15) is 11.9 Å². The molecule has 0 aliphatic heterocycles. The molecule has 2 aromatic carbocycles. The zero-order chi connectivity index (χ0) is 15.2. The highest BCUT2D eigenvalue weighted by Crippen LogP contribution is 2.16. The Morgan fingerprint density at radius 3 is 2.81 bits per heavy atom. The summed E-state index contributed by atoms with van der Waals surface area (Å²) in [7, 11) is 0. The lowest BCUT2D eigenvalue weighted by molar-refractivity contribution is -0.116. The molecule has 0 atom stereocenters. The van der Waals surface area contributed by atoms with Crippen LogP contribution in [-0.4, -0.2) is 5.91 Å². The van der Waals surface area contributed by atoms with E-state index >= 15 is 0 Å². The number of anilines is 2. The number of carbonyl (C=O) groups excluding carboxylic acids is 1. The van der Waals surface area contributed by atoms with E-state index < -0.39 is 5.82 Å². The zero-order valence-corrected chi connectivity index (χ0v) is 11.3. The standard InChI is InChI=1S/C16H14FN3O/c17-13-5-6-15(12(9-13)10-18)20-16(21)7-4-11-2-1-3-14(19)8-11/h1-3,5-6,8-9H,4,7,19H2,(H,20,21). The SMILES string of the molecule is N#Cc1cc(F)ccc1NC(=O)CCc1cccc(N)c1. The number of benzene rings is 2. The fourth-order valence-corrected chi connectivity index (χ4v) is 1.94. The predicted molar refractivity (Wildman–Crippen MR) is 78.9 cm³/mol. The van der Waals surface area contributed by atoms with Crippen LogP contribution in [0.1, 0.15) is 17.5 Å². The summed E-state index contributed by atoms with van der Waals surface area (Å²) in [6.45, 7) is 0. The van der Waals surface area contributed by atoms with E-state index in [4.69, 9.17) is 11.0 Å². The monoisotopic (exact) mass is 283 g/mol. The highest BCUT2D eigenvalue weighted by Gasteiger charge is 2.08. The minimum absolute atomic E-state index is 0.104. The summed E-state index contributed by atoms with van der Waals surface area (Å²) in [5.41, 5.74) is 7.70. The van der Waals surface area contributed by atoms with Crippen LogP contribution >= 0.6 is 0 Å². The van der Waals surface area contributed by atoms with Crippen LogP contribution in [0, 0.1) is 17.1 Å². The van der Waals surface area contributed by atoms with Crippen molar-refractivity contribution >= 4 is 17.3 Å². The van der Waals surface area contributed by atoms with E-state index in [0.29, 0.717) is 17.8 Å². The molecule has 0 aliphatic carbocycles. The van der Waals surface area contributed by atoms with Gasteiger partial charge in [0.05, 0.1) is 11.3 Å². The Morgan fingerprint density at radius 2 is 2.10 bits per heavy atom. The van der Waals surface area contributed by atoms with Crippen LogP contribution in [0.3, 0.4) is 0 Å². The number of hydrogen-bond acceptors (Lipinski definition) is 3. The van der Waals surface area contributed by atoms with Crippen molar-refractivity contribution in [2.24, 2.45) is 0 Å². The molecule has 5 heteroatoms. The molecule has 1 amide bonds. The number of nitrogen functional groups attached to an aromatic ring is 1. The summed E-state index contributed by atoms with van der Waals surface area (Å²) < 4.78 is 13.0. The van der Waals surface area contributed by atoms with Crippen molar-refractivity contribution in [3.05, 3.63) is 59.4 Å². The normalized spacial score (nSPS) is 9.90. The van der Waals surface area contributed by atoms with Gasteiger partial charge in [0.25, 0.3) is 0 Å². The minimum atomic E-state index is -0.510. The zero-order valence-electron chi connectivity index (χ0n) is 11.3. The smallest absolute Gasteiger partial charge is 0.224 e. The maximum atomic E-state index is 13.0. The molecule has 0 saturated carbocycles. The fourth-order valence-electron chi connectivity index (χ4n) is 1.94. The lowest BCUT2D eigenvalue weighted by atomic mass is 10.1. The summed E-state index contributed by atoms with van der Waals surface area (Å²) in [5.74, 6) is -0.746. The van der Waals surface area contributed by atoms with E-state index in [1.165, 1.54) is 12.1 Å². The highest BCUT2D eigenvalue weighted by molar-refractivity contribution is 5.92. The van der Waals surface area contributed by atoms with E-state index in [-0.39, 0.29) is 17.9 Å². The number of nitrogens with one attached hydrogen (secondary N) is 1. The van der Waals surface area contributed by atoms with E-state index in [1.54, 1.807) is 6.07 Å². The molecule has 0 fully saturated rings. The van der Waals surface area contributed by atoms with Crippen LogP contribution in [0.25, 0.3) is 0 Å².